The van der Waals surface area contributed by atoms with Crippen molar-refractivity contribution < 1.29 is 0 Å². The van der Waals surface area contributed by atoms with Crippen molar-refractivity contribution in [3.63, 3.8) is 0 Å². The van der Waals surface area contributed by atoms with Gasteiger partial charge >= 0.3 is 0 Å². The van der Waals surface area contributed by atoms with Crippen LogP contribution in [0.5, 0.6) is 0 Å². The maximum absolute atomic E-state index is 12.0. The Morgan fingerprint density at radius 1 is 1.22 bits per heavy atom. The standard InChI is InChI=1S/C26H33N5O/c1-7-8-23(18(4)13-24-28-11-9-25(32)30(24)6)31-12-10-22-21(16-31)14-20(15-29-22)26(17(2)3)19(5)27/h7-9,11,13-15,23,27H,10,12,16H2,1-6H3/b8-7-,18-13-,27-19?. The molecule has 32 heavy (non-hydrogen) atoms. The van der Waals surface area contributed by atoms with Gasteiger partial charge in [-0.05, 0) is 57.9 Å². The molecule has 0 fully saturated rings. The molecular weight excluding hydrogens is 398 g/mol. The van der Waals surface area contributed by atoms with Crippen LogP contribution in [0.25, 0.3) is 11.6 Å². The summed E-state index contributed by atoms with van der Waals surface area (Å²) in [6, 6.07) is 3.77. The molecule has 1 unspecified atom stereocenters. The molecule has 1 atom stereocenters. The van der Waals surface area contributed by atoms with E-state index in [0.29, 0.717) is 11.5 Å². The number of fused-ring (bicyclic) bond motifs is 1. The van der Waals surface area contributed by atoms with Crippen molar-refractivity contribution in [2.75, 3.05) is 6.54 Å². The van der Waals surface area contributed by atoms with Gasteiger partial charge in [-0.2, -0.15) is 0 Å². The number of nitrogens with zero attached hydrogens (tertiary/aromatic N) is 4. The third-order valence-electron chi connectivity index (χ3n) is 5.92. The third kappa shape index (κ3) is 5.02. The molecule has 0 saturated heterocycles. The molecule has 0 aromatic carbocycles. The van der Waals surface area contributed by atoms with Crippen molar-refractivity contribution in [1.82, 2.24) is 19.4 Å². The van der Waals surface area contributed by atoms with Crippen molar-refractivity contribution in [3.8, 4) is 0 Å². The lowest BCUT2D eigenvalue weighted by Crippen LogP contribution is -2.39. The summed E-state index contributed by atoms with van der Waals surface area (Å²) in [5, 5.41) is 8.17. The van der Waals surface area contributed by atoms with Crippen LogP contribution in [0, 0.1) is 5.41 Å². The zero-order valence-corrected chi connectivity index (χ0v) is 19.9. The summed E-state index contributed by atoms with van der Waals surface area (Å²) in [5.41, 5.74) is 7.07. The van der Waals surface area contributed by atoms with E-state index in [9.17, 15) is 4.79 Å². The summed E-state index contributed by atoms with van der Waals surface area (Å²) in [7, 11) is 1.75. The molecule has 1 aliphatic heterocycles. The number of aromatic nitrogens is 3. The first-order chi connectivity index (χ1) is 15.2. The summed E-state index contributed by atoms with van der Waals surface area (Å²) >= 11 is 0. The van der Waals surface area contributed by atoms with Crippen molar-refractivity contribution in [2.45, 2.75) is 53.6 Å². The Morgan fingerprint density at radius 2 is 1.97 bits per heavy atom. The predicted octanol–water partition coefficient (Wildman–Crippen LogP) is 4.41. The van der Waals surface area contributed by atoms with Crippen molar-refractivity contribution in [1.29, 1.82) is 5.41 Å². The first kappa shape index (κ1) is 23.5. The van der Waals surface area contributed by atoms with Gasteiger partial charge in [-0.15, -0.1) is 0 Å². The second-order valence-electron chi connectivity index (χ2n) is 8.61. The van der Waals surface area contributed by atoms with Gasteiger partial charge < -0.3 is 5.41 Å². The smallest absolute Gasteiger partial charge is 0.253 e. The summed E-state index contributed by atoms with van der Waals surface area (Å²) in [5.74, 6) is 0.653. The predicted molar refractivity (Wildman–Crippen MR) is 132 cm³/mol. The van der Waals surface area contributed by atoms with Crippen LogP contribution in [0.15, 0.2) is 52.6 Å². The minimum Gasteiger partial charge on any atom is -0.305 e. The van der Waals surface area contributed by atoms with Crippen LogP contribution in [-0.2, 0) is 20.0 Å². The van der Waals surface area contributed by atoms with Crippen LogP contribution in [0.1, 0.15) is 57.3 Å². The van der Waals surface area contributed by atoms with E-state index >= 15 is 0 Å². The van der Waals surface area contributed by atoms with E-state index in [0.717, 1.165) is 47.5 Å². The fraction of sp³-hybridized carbons (Fsp3) is 0.385. The normalized spacial score (nSPS) is 15.5. The van der Waals surface area contributed by atoms with Gasteiger partial charge in [0.15, 0.2) is 0 Å². The van der Waals surface area contributed by atoms with Crippen LogP contribution in [0.3, 0.4) is 0 Å². The Balaban J connectivity index is 1.95. The number of rotatable bonds is 6. The van der Waals surface area contributed by atoms with Gasteiger partial charge in [0.25, 0.3) is 5.56 Å². The molecule has 0 spiro atoms. The molecule has 1 N–H and O–H groups in total. The third-order valence-corrected chi connectivity index (χ3v) is 5.92. The van der Waals surface area contributed by atoms with Crippen molar-refractivity contribution in [3.05, 3.63) is 80.8 Å². The van der Waals surface area contributed by atoms with E-state index in [4.69, 9.17) is 10.4 Å². The molecule has 0 radical (unpaired) electrons. The van der Waals surface area contributed by atoms with E-state index in [2.05, 4.69) is 35.0 Å². The monoisotopic (exact) mass is 431 g/mol. The van der Waals surface area contributed by atoms with Gasteiger partial charge in [-0.1, -0.05) is 17.7 Å². The fourth-order valence-electron chi connectivity index (χ4n) is 4.36. The van der Waals surface area contributed by atoms with Gasteiger partial charge in [0, 0.05) is 73.6 Å². The van der Waals surface area contributed by atoms with Crippen LogP contribution in [-0.4, -0.2) is 37.7 Å². The Kier molecular flexibility index (Phi) is 7.36. The maximum Gasteiger partial charge on any atom is 0.253 e. The van der Waals surface area contributed by atoms with Crippen LogP contribution in [0.2, 0.25) is 0 Å². The molecule has 0 bridgehead atoms. The Hall–Kier alpha value is -3.12. The SMILES string of the molecule is C/C=C\C(/C(C)=C\c1nccc(=O)n1C)N1CCc2ncc(C(C(C)=N)=C(C)C)cc2C1. The lowest BCUT2D eigenvalue weighted by molar-refractivity contribution is 0.230. The molecule has 6 nitrogen and oxygen atoms in total. The fourth-order valence-corrected chi connectivity index (χ4v) is 4.36. The molecular formula is C26H33N5O. The van der Waals surface area contributed by atoms with E-state index in [1.165, 1.54) is 11.6 Å². The van der Waals surface area contributed by atoms with Gasteiger partial charge in [-0.3, -0.25) is 19.2 Å². The molecule has 3 heterocycles. The molecule has 6 heteroatoms. The van der Waals surface area contributed by atoms with Crippen LogP contribution < -0.4 is 5.56 Å². The van der Waals surface area contributed by atoms with Gasteiger partial charge in [-0.25, -0.2) is 4.98 Å². The molecule has 0 aliphatic carbocycles. The first-order valence-electron chi connectivity index (χ1n) is 11.0. The van der Waals surface area contributed by atoms with E-state index < -0.39 is 0 Å². The van der Waals surface area contributed by atoms with E-state index in [-0.39, 0.29) is 11.6 Å². The Morgan fingerprint density at radius 3 is 2.62 bits per heavy atom. The first-order valence-corrected chi connectivity index (χ1v) is 11.0. The largest absolute Gasteiger partial charge is 0.305 e. The zero-order chi connectivity index (χ0) is 23.4. The quantitative estimate of drug-likeness (QED) is 0.543. The highest BCUT2D eigenvalue weighted by atomic mass is 16.1. The summed E-state index contributed by atoms with van der Waals surface area (Å²) in [6.07, 6.45) is 10.6. The topological polar surface area (TPSA) is 74.9 Å². The number of pyridine rings is 1. The highest BCUT2D eigenvalue weighted by Gasteiger charge is 2.24. The minimum atomic E-state index is -0.0660. The molecule has 2 aromatic rings. The average molecular weight is 432 g/mol. The molecule has 2 aromatic heterocycles. The number of hydrogen-bond acceptors (Lipinski definition) is 5. The van der Waals surface area contributed by atoms with E-state index in [1.807, 2.05) is 40.0 Å². The molecule has 1 aliphatic rings. The Bertz CT molecular complexity index is 1160. The summed E-state index contributed by atoms with van der Waals surface area (Å²) in [4.78, 5) is 23.5. The lowest BCUT2D eigenvalue weighted by atomic mass is 9.94. The summed E-state index contributed by atoms with van der Waals surface area (Å²) in [6.45, 7) is 11.7. The van der Waals surface area contributed by atoms with Crippen LogP contribution >= 0.6 is 0 Å². The molecule has 0 saturated carbocycles. The number of allylic oxidation sites excluding steroid dienone is 3. The van der Waals surface area contributed by atoms with Gasteiger partial charge in [0.1, 0.15) is 5.82 Å². The highest BCUT2D eigenvalue weighted by molar-refractivity contribution is 6.21. The maximum atomic E-state index is 12.0. The van der Waals surface area contributed by atoms with Crippen LogP contribution in [0.4, 0.5) is 0 Å². The number of hydrogen-bond donors (Lipinski definition) is 1. The molecule has 0 amide bonds. The lowest BCUT2D eigenvalue weighted by Gasteiger charge is -2.34. The average Bonchev–Trinajstić information content (AvgIpc) is 2.74. The molecule has 168 valence electrons. The number of nitrogens with one attached hydrogen (secondary N) is 1. The second kappa shape index (κ2) is 10.0. The van der Waals surface area contributed by atoms with Crippen molar-refractivity contribution in [2.24, 2.45) is 7.05 Å². The van der Waals surface area contributed by atoms with E-state index in [1.54, 1.807) is 17.8 Å². The molecule has 3 rings (SSSR count). The zero-order valence-electron chi connectivity index (χ0n) is 19.9. The Labute approximate surface area is 190 Å². The highest BCUT2D eigenvalue weighted by Crippen LogP contribution is 2.27. The van der Waals surface area contributed by atoms with Crippen molar-refractivity contribution >= 4 is 17.4 Å². The summed E-state index contributed by atoms with van der Waals surface area (Å²) < 4.78 is 1.57. The second-order valence-corrected chi connectivity index (χ2v) is 8.61. The van der Waals surface area contributed by atoms with Gasteiger partial charge in [0.2, 0.25) is 0 Å². The minimum absolute atomic E-state index is 0.0660. The van der Waals surface area contributed by atoms with Gasteiger partial charge in [0.05, 0.1) is 0 Å².